The number of hydrogen-bond donors (Lipinski definition) is 2. The molecule has 3 rings (SSSR count). The molecule has 2 N–H and O–H groups in total. The number of hydrogen-bond acceptors (Lipinski definition) is 4. The number of fused-ring (bicyclic) bond motifs is 5. The zero-order chi connectivity index (χ0) is 14.8. The van der Waals surface area contributed by atoms with Crippen molar-refractivity contribution in [3.8, 4) is 0 Å². The highest BCUT2D eigenvalue weighted by molar-refractivity contribution is 5.21. The summed E-state index contributed by atoms with van der Waals surface area (Å²) in [6, 6.07) is 0. The standard InChI is InChI=1S/C10H12.C4H10O3.C2H6O/c1-2-9-7-4-5-8(6-7)10(9)3-1;5-1-3-7-4-2-6;1-3-2/h1-2,4-5,7-10H,3,6H2;5-6H,1-4H2;1-2H3. The summed E-state index contributed by atoms with van der Waals surface area (Å²) < 4.78 is 8.88. The first-order valence-corrected chi connectivity index (χ1v) is 7.33. The van der Waals surface area contributed by atoms with Gasteiger partial charge >= 0.3 is 0 Å². The van der Waals surface area contributed by atoms with Crippen LogP contribution in [-0.2, 0) is 9.47 Å². The smallest absolute Gasteiger partial charge is 0.0698 e. The van der Waals surface area contributed by atoms with E-state index in [1.54, 1.807) is 14.2 Å². The molecule has 1 saturated carbocycles. The van der Waals surface area contributed by atoms with E-state index in [0.717, 1.165) is 23.7 Å². The fourth-order valence-electron chi connectivity index (χ4n) is 3.20. The SMILES string of the molecule is C1=CC2C3C=CC(C3)C2C1.COC.OCCOCCO. The van der Waals surface area contributed by atoms with Gasteiger partial charge in [0.15, 0.2) is 0 Å². The predicted octanol–water partition coefficient (Wildman–Crippen LogP) is 1.63. The monoisotopic (exact) mass is 284 g/mol. The van der Waals surface area contributed by atoms with Crippen molar-refractivity contribution in [2.75, 3.05) is 40.6 Å². The fraction of sp³-hybridized carbons (Fsp3) is 0.750. The van der Waals surface area contributed by atoms with Crippen LogP contribution >= 0.6 is 0 Å². The zero-order valence-electron chi connectivity index (χ0n) is 12.6. The average Bonchev–Trinajstić information content (AvgIpc) is 3.15. The molecule has 4 atom stereocenters. The zero-order valence-corrected chi connectivity index (χ0v) is 12.6. The van der Waals surface area contributed by atoms with E-state index in [1.165, 1.54) is 12.8 Å². The van der Waals surface area contributed by atoms with Crippen molar-refractivity contribution in [3.05, 3.63) is 24.3 Å². The van der Waals surface area contributed by atoms with Gasteiger partial charge in [0.25, 0.3) is 0 Å². The molecule has 0 spiro atoms. The minimum Gasteiger partial charge on any atom is -0.394 e. The van der Waals surface area contributed by atoms with Crippen molar-refractivity contribution in [2.45, 2.75) is 12.8 Å². The summed E-state index contributed by atoms with van der Waals surface area (Å²) in [5.41, 5.74) is 0. The second-order valence-electron chi connectivity index (χ2n) is 5.32. The number of methoxy groups -OCH3 is 1. The maximum Gasteiger partial charge on any atom is 0.0698 e. The van der Waals surface area contributed by atoms with E-state index in [9.17, 15) is 0 Å². The summed E-state index contributed by atoms with van der Waals surface area (Å²) in [5.74, 6) is 3.82. The molecule has 3 aliphatic rings. The van der Waals surface area contributed by atoms with Gasteiger partial charge in [0.2, 0.25) is 0 Å². The van der Waals surface area contributed by atoms with Crippen LogP contribution in [0.15, 0.2) is 24.3 Å². The van der Waals surface area contributed by atoms with Crippen molar-refractivity contribution in [1.82, 2.24) is 0 Å². The van der Waals surface area contributed by atoms with Crippen molar-refractivity contribution in [3.63, 3.8) is 0 Å². The van der Waals surface area contributed by atoms with E-state index in [2.05, 4.69) is 33.8 Å². The number of aliphatic hydroxyl groups is 2. The van der Waals surface area contributed by atoms with Crippen molar-refractivity contribution in [1.29, 1.82) is 0 Å². The van der Waals surface area contributed by atoms with Crippen LogP contribution in [0.5, 0.6) is 0 Å². The van der Waals surface area contributed by atoms with Crippen molar-refractivity contribution in [2.24, 2.45) is 23.7 Å². The Kier molecular flexibility index (Phi) is 8.78. The van der Waals surface area contributed by atoms with Gasteiger partial charge in [-0.25, -0.2) is 0 Å². The summed E-state index contributed by atoms with van der Waals surface area (Å²) in [5, 5.41) is 16.2. The molecule has 116 valence electrons. The lowest BCUT2D eigenvalue weighted by molar-refractivity contribution is 0.0650. The van der Waals surface area contributed by atoms with Gasteiger partial charge < -0.3 is 19.7 Å². The van der Waals surface area contributed by atoms with Gasteiger partial charge in [-0.1, -0.05) is 24.3 Å². The lowest BCUT2D eigenvalue weighted by Crippen LogP contribution is -2.12. The van der Waals surface area contributed by atoms with Crippen LogP contribution in [0, 0.1) is 23.7 Å². The van der Waals surface area contributed by atoms with Gasteiger partial charge in [-0.15, -0.1) is 0 Å². The Labute approximate surface area is 122 Å². The van der Waals surface area contributed by atoms with E-state index in [-0.39, 0.29) is 13.2 Å². The molecule has 0 aromatic heterocycles. The van der Waals surface area contributed by atoms with E-state index < -0.39 is 0 Å². The van der Waals surface area contributed by atoms with Crippen molar-refractivity contribution >= 4 is 0 Å². The molecular weight excluding hydrogens is 256 g/mol. The molecule has 3 aliphatic carbocycles. The molecule has 0 amide bonds. The van der Waals surface area contributed by atoms with Gasteiger partial charge in [0.1, 0.15) is 0 Å². The molecule has 4 heteroatoms. The van der Waals surface area contributed by atoms with Gasteiger partial charge in [-0.05, 0) is 36.5 Å². The third-order valence-corrected chi connectivity index (χ3v) is 3.93. The molecule has 0 aliphatic heterocycles. The van der Waals surface area contributed by atoms with Gasteiger partial charge in [0.05, 0.1) is 26.4 Å². The lowest BCUT2D eigenvalue weighted by Gasteiger charge is -2.18. The van der Waals surface area contributed by atoms with Gasteiger partial charge in [-0.3, -0.25) is 0 Å². The molecule has 4 nitrogen and oxygen atoms in total. The van der Waals surface area contributed by atoms with E-state index in [1.807, 2.05) is 0 Å². The second-order valence-corrected chi connectivity index (χ2v) is 5.32. The Bertz CT molecular complexity index is 297. The first kappa shape index (κ1) is 17.4. The molecule has 1 fully saturated rings. The first-order chi connectivity index (χ1) is 9.78. The topological polar surface area (TPSA) is 58.9 Å². The number of aliphatic hydroxyl groups excluding tert-OH is 2. The summed E-state index contributed by atoms with van der Waals surface area (Å²) in [6.45, 7) is 0.696. The molecule has 20 heavy (non-hydrogen) atoms. The summed E-state index contributed by atoms with van der Waals surface area (Å²) in [7, 11) is 3.25. The van der Waals surface area contributed by atoms with Crippen LogP contribution in [-0.4, -0.2) is 50.9 Å². The molecule has 0 radical (unpaired) electrons. The van der Waals surface area contributed by atoms with E-state index in [0.29, 0.717) is 13.2 Å². The largest absolute Gasteiger partial charge is 0.394 e. The molecule has 0 aromatic rings. The molecule has 0 aromatic carbocycles. The lowest BCUT2D eigenvalue weighted by atomic mass is 9.86. The third-order valence-electron chi connectivity index (χ3n) is 3.93. The molecule has 2 bridgehead atoms. The van der Waals surface area contributed by atoms with Gasteiger partial charge in [0, 0.05) is 14.2 Å². The van der Waals surface area contributed by atoms with Crippen LogP contribution < -0.4 is 0 Å². The Balaban J connectivity index is 0.000000178. The number of rotatable bonds is 4. The Hall–Kier alpha value is -0.680. The first-order valence-electron chi connectivity index (χ1n) is 7.33. The molecule has 4 unspecified atom stereocenters. The van der Waals surface area contributed by atoms with Crippen LogP contribution in [0.3, 0.4) is 0 Å². The predicted molar refractivity (Wildman–Crippen MR) is 79.4 cm³/mol. The molecule has 0 heterocycles. The Morgan fingerprint density at radius 3 is 2.15 bits per heavy atom. The number of allylic oxidation sites excluding steroid dienone is 4. The quantitative estimate of drug-likeness (QED) is 0.608. The minimum absolute atomic E-state index is 0.0278. The summed E-state index contributed by atoms with van der Waals surface area (Å²) in [4.78, 5) is 0. The maximum atomic E-state index is 8.09. The van der Waals surface area contributed by atoms with Crippen LogP contribution in [0.4, 0.5) is 0 Å². The highest BCUT2D eigenvalue weighted by atomic mass is 16.5. The minimum atomic E-state index is 0.0278. The summed E-state index contributed by atoms with van der Waals surface area (Å²) >= 11 is 0. The highest BCUT2D eigenvalue weighted by Crippen LogP contribution is 2.52. The third kappa shape index (κ3) is 5.02. The normalized spacial score (nSPS) is 31.4. The average molecular weight is 284 g/mol. The second kappa shape index (κ2) is 10.1. The van der Waals surface area contributed by atoms with Gasteiger partial charge in [-0.2, -0.15) is 0 Å². The Morgan fingerprint density at radius 1 is 1.00 bits per heavy atom. The van der Waals surface area contributed by atoms with Crippen LogP contribution in [0.1, 0.15) is 12.8 Å². The van der Waals surface area contributed by atoms with Crippen molar-refractivity contribution < 1.29 is 19.7 Å². The fourth-order valence-corrected chi connectivity index (χ4v) is 3.20. The Morgan fingerprint density at radius 2 is 1.60 bits per heavy atom. The van der Waals surface area contributed by atoms with Crippen LogP contribution in [0.25, 0.3) is 0 Å². The van der Waals surface area contributed by atoms with Crippen LogP contribution in [0.2, 0.25) is 0 Å². The van der Waals surface area contributed by atoms with E-state index in [4.69, 9.17) is 10.2 Å². The molecular formula is C16H28O4. The number of ether oxygens (including phenoxy) is 2. The molecule has 0 saturated heterocycles. The summed E-state index contributed by atoms with van der Waals surface area (Å²) in [6.07, 6.45) is 12.5. The van der Waals surface area contributed by atoms with E-state index >= 15 is 0 Å². The maximum absolute atomic E-state index is 8.09. The highest BCUT2D eigenvalue weighted by Gasteiger charge is 2.44.